The minimum absolute atomic E-state index is 0.398. The van der Waals surface area contributed by atoms with Crippen LogP contribution in [0.25, 0.3) is 0 Å². The zero-order chi connectivity index (χ0) is 10.3. The lowest BCUT2D eigenvalue weighted by Crippen LogP contribution is -1.93. The summed E-state index contributed by atoms with van der Waals surface area (Å²) in [5.41, 5.74) is 1.12. The molecule has 2 nitrogen and oxygen atoms in total. The summed E-state index contributed by atoms with van der Waals surface area (Å²) in [6, 6.07) is 5.49. The van der Waals surface area contributed by atoms with Crippen molar-refractivity contribution in [3.8, 4) is 11.5 Å². The first-order chi connectivity index (χ1) is 6.48. The highest BCUT2D eigenvalue weighted by molar-refractivity contribution is 5.45. The standard InChI is InChI=1S/C10H12O2/c1-7(2)8-3-4-9-10(5-8)12-6-11-9/h3-5,7H,6H2,1-2H3/i6D2. The Balaban J connectivity index is 2.36. The number of ether oxygens (including phenoxy) is 2. The van der Waals surface area contributed by atoms with Gasteiger partial charge in [0.05, 0.1) is 0 Å². The Hall–Kier alpha value is -1.18. The number of hydrogen-bond donors (Lipinski definition) is 0. The van der Waals surface area contributed by atoms with Crippen LogP contribution in [-0.2, 0) is 0 Å². The average Bonchev–Trinajstić information content (AvgIpc) is 2.36. The molecule has 1 aromatic carbocycles. The summed E-state index contributed by atoms with van der Waals surface area (Å²) in [7, 11) is 0. The second-order valence-electron chi connectivity index (χ2n) is 3.15. The van der Waals surface area contributed by atoms with Gasteiger partial charge in [-0.15, -0.1) is 0 Å². The van der Waals surface area contributed by atoms with Gasteiger partial charge in [0.2, 0.25) is 6.75 Å². The Morgan fingerprint density at radius 2 is 2.08 bits per heavy atom. The van der Waals surface area contributed by atoms with Gasteiger partial charge >= 0.3 is 0 Å². The lowest BCUT2D eigenvalue weighted by molar-refractivity contribution is 0.174. The van der Waals surface area contributed by atoms with Crippen molar-refractivity contribution in [2.24, 2.45) is 0 Å². The first kappa shape index (κ1) is 5.46. The van der Waals surface area contributed by atoms with Crippen molar-refractivity contribution in [2.45, 2.75) is 19.8 Å². The molecule has 0 unspecified atom stereocenters. The van der Waals surface area contributed by atoms with E-state index in [1.807, 2.05) is 12.1 Å². The first-order valence-corrected chi connectivity index (χ1v) is 4.00. The Morgan fingerprint density at radius 1 is 1.33 bits per heavy atom. The number of hydrogen-bond acceptors (Lipinski definition) is 2. The molecule has 0 N–H and O–H groups in total. The Morgan fingerprint density at radius 3 is 2.83 bits per heavy atom. The second kappa shape index (κ2) is 2.70. The third-order valence-electron chi connectivity index (χ3n) is 1.94. The summed E-state index contributed by atoms with van der Waals surface area (Å²) >= 11 is 0. The van der Waals surface area contributed by atoms with Gasteiger partial charge in [0.25, 0.3) is 0 Å². The highest BCUT2D eigenvalue weighted by Gasteiger charge is 2.13. The van der Waals surface area contributed by atoms with Gasteiger partial charge in [-0.1, -0.05) is 19.9 Å². The van der Waals surface area contributed by atoms with E-state index in [0.717, 1.165) is 5.56 Å². The van der Waals surface area contributed by atoms with E-state index in [0.29, 0.717) is 17.4 Å². The summed E-state index contributed by atoms with van der Waals surface area (Å²) in [5.74, 6) is 1.36. The highest BCUT2D eigenvalue weighted by Crippen LogP contribution is 2.34. The topological polar surface area (TPSA) is 18.5 Å². The van der Waals surface area contributed by atoms with Crippen LogP contribution >= 0.6 is 0 Å². The van der Waals surface area contributed by atoms with Gasteiger partial charge in [0.15, 0.2) is 11.5 Å². The molecular weight excluding hydrogens is 152 g/mol. The molecule has 0 saturated heterocycles. The van der Waals surface area contributed by atoms with E-state index >= 15 is 0 Å². The third-order valence-corrected chi connectivity index (χ3v) is 1.94. The molecule has 0 radical (unpaired) electrons. The molecule has 0 aromatic heterocycles. The third kappa shape index (κ3) is 1.13. The molecule has 0 spiro atoms. The van der Waals surface area contributed by atoms with Crippen LogP contribution in [0.3, 0.4) is 0 Å². The largest absolute Gasteiger partial charge is 0.454 e. The van der Waals surface area contributed by atoms with E-state index in [1.165, 1.54) is 0 Å². The summed E-state index contributed by atoms with van der Waals surface area (Å²) in [5, 5.41) is 0. The van der Waals surface area contributed by atoms with E-state index in [4.69, 9.17) is 12.2 Å². The maximum absolute atomic E-state index is 7.27. The maximum atomic E-state index is 7.27. The summed E-state index contributed by atoms with van der Waals surface area (Å²) < 4.78 is 24.5. The second-order valence-corrected chi connectivity index (χ2v) is 3.15. The monoisotopic (exact) mass is 166 g/mol. The van der Waals surface area contributed by atoms with Crippen LogP contribution in [0.15, 0.2) is 18.2 Å². The van der Waals surface area contributed by atoms with Crippen molar-refractivity contribution in [1.82, 2.24) is 0 Å². The van der Waals surface area contributed by atoms with Gasteiger partial charge in [0, 0.05) is 0 Å². The molecule has 0 bridgehead atoms. The van der Waals surface area contributed by atoms with Crippen molar-refractivity contribution in [3.05, 3.63) is 23.8 Å². The molecule has 0 atom stereocenters. The van der Waals surface area contributed by atoms with E-state index in [2.05, 4.69) is 13.8 Å². The smallest absolute Gasteiger partial charge is 0.231 e. The van der Waals surface area contributed by atoms with E-state index in [-0.39, 0.29) is 0 Å². The normalized spacial score (nSPS) is 20.6. The van der Waals surface area contributed by atoms with Crippen LogP contribution < -0.4 is 9.47 Å². The van der Waals surface area contributed by atoms with Crippen molar-refractivity contribution < 1.29 is 12.2 Å². The fourth-order valence-electron chi connectivity index (χ4n) is 1.16. The van der Waals surface area contributed by atoms with Crippen molar-refractivity contribution >= 4 is 0 Å². The summed E-state index contributed by atoms with van der Waals surface area (Å²) in [6.45, 7) is 2.14. The molecule has 1 aliphatic rings. The molecular formula is C10H12O2. The molecule has 12 heavy (non-hydrogen) atoms. The number of benzene rings is 1. The lowest BCUT2D eigenvalue weighted by atomic mass is 10.0. The van der Waals surface area contributed by atoms with Gasteiger partial charge in [-0.05, 0) is 23.6 Å². The predicted molar refractivity (Wildman–Crippen MR) is 46.7 cm³/mol. The summed E-state index contributed by atoms with van der Waals surface area (Å²) in [4.78, 5) is 0. The molecule has 1 aliphatic heterocycles. The molecule has 2 heteroatoms. The van der Waals surface area contributed by atoms with Crippen LogP contribution in [0.2, 0.25) is 0 Å². The Kier molecular flexibility index (Phi) is 1.23. The molecule has 0 amide bonds. The van der Waals surface area contributed by atoms with Crippen molar-refractivity contribution in [3.63, 3.8) is 0 Å². The highest BCUT2D eigenvalue weighted by atomic mass is 16.7. The lowest BCUT2D eigenvalue weighted by Gasteiger charge is -2.05. The molecule has 2 rings (SSSR count). The van der Waals surface area contributed by atoms with Crippen LogP contribution in [0.4, 0.5) is 0 Å². The van der Waals surface area contributed by atoms with Gasteiger partial charge < -0.3 is 9.47 Å². The fourth-order valence-corrected chi connectivity index (χ4v) is 1.16. The molecule has 1 heterocycles. The minimum Gasteiger partial charge on any atom is -0.454 e. The van der Waals surface area contributed by atoms with E-state index < -0.39 is 6.75 Å². The minimum atomic E-state index is -2.02. The quantitative estimate of drug-likeness (QED) is 0.638. The molecule has 64 valence electrons. The van der Waals surface area contributed by atoms with Gasteiger partial charge in [-0.2, -0.15) is 0 Å². The summed E-state index contributed by atoms with van der Waals surface area (Å²) in [6.07, 6.45) is 0. The van der Waals surface area contributed by atoms with Crippen LogP contribution in [0, 0.1) is 0 Å². The van der Waals surface area contributed by atoms with Crippen molar-refractivity contribution in [2.75, 3.05) is 6.75 Å². The Labute approximate surface area is 74.9 Å². The van der Waals surface area contributed by atoms with Crippen LogP contribution in [0.5, 0.6) is 11.5 Å². The van der Waals surface area contributed by atoms with Gasteiger partial charge in [-0.25, -0.2) is 0 Å². The average molecular weight is 166 g/mol. The maximum Gasteiger partial charge on any atom is 0.231 e. The first-order valence-electron chi connectivity index (χ1n) is 5.00. The predicted octanol–water partition coefficient (Wildman–Crippen LogP) is 2.54. The molecule has 0 fully saturated rings. The van der Waals surface area contributed by atoms with Crippen molar-refractivity contribution in [1.29, 1.82) is 0 Å². The molecule has 0 aliphatic carbocycles. The number of rotatable bonds is 1. The Bertz CT molecular complexity index is 361. The SMILES string of the molecule is [2H]C1([2H])Oc2ccc(C(C)C)cc2O1. The fraction of sp³-hybridized carbons (Fsp3) is 0.400. The van der Waals surface area contributed by atoms with Gasteiger partial charge in [-0.3, -0.25) is 0 Å². The van der Waals surface area contributed by atoms with Crippen LogP contribution in [-0.4, -0.2) is 6.75 Å². The van der Waals surface area contributed by atoms with E-state index in [1.54, 1.807) is 6.07 Å². The molecule has 1 aromatic rings. The van der Waals surface area contributed by atoms with Crippen LogP contribution in [0.1, 0.15) is 28.1 Å². The van der Waals surface area contributed by atoms with Gasteiger partial charge in [0.1, 0.15) is 2.74 Å². The zero-order valence-electron chi connectivity index (χ0n) is 9.13. The molecule has 0 saturated carbocycles. The zero-order valence-corrected chi connectivity index (χ0v) is 7.13. The number of fused-ring (bicyclic) bond motifs is 1. The van der Waals surface area contributed by atoms with E-state index in [9.17, 15) is 0 Å².